The van der Waals surface area contributed by atoms with Gasteiger partial charge in [0.25, 0.3) is 0 Å². The maximum atomic E-state index is 12.8. The molecule has 1 aromatic heterocycles. The lowest BCUT2D eigenvalue weighted by atomic mass is 10.1. The fraction of sp³-hybridized carbons (Fsp3) is 0.308. The van der Waals surface area contributed by atoms with Crippen LogP contribution in [0.2, 0.25) is 0 Å². The zero-order valence-corrected chi connectivity index (χ0v) is 9.94. The number of aromatic amines is 1. The van der Waals surface area contributed by atoms with Crippen molar-refractivity contribution >= 4 is 0 Å². The third-order valence-corrected chi connectivity index (χ3v) is 2.86. The van der Waals surface area contributed by atoms with E-state index in [1.807, 2.05) is 6.07 Å². The van der Waals surface area contributed by atoms with Crippen LogP contribution < -0.4 is 5.32 Å². The first kappa shape index (κ1) is 11.8. The summed E-state index contributed by atoms with van der Waals surface area (Å²) in [6.45, 7) is 4.12. The first-order valence-electron chi connectivity index (χ1n) is 5.67. The van der Waals surface area contributed by atoms with Crippen LogP contribution in [0.3, 0.4) is 0 Å². The summed E-state index contributed by atoms with van der Waals surface area (Å²) in [6, 6.07) is 8.84. The molecule has 4 heteroatoms. The predicted molar refractivity (Wildman–Crippen MR) is 65.0 cm³/mol. The normalized spacial score (nSPS) is 14.5. The van der Waals surface area contributed by atoms with Crippen LogP contribution in [0.1, 0.15) is 37.2 Å². The van der Waals surface area contributed by atoms with Gasteiger partial charge in [0, 0.05) is 18.3 Å². The standard InChI is InChI=1S/C13H16FN3/c1-9(11-3-5-12(14)6-4-11)16-10(2)13-7-8-15-17-13/h3-10,16H,1-2H3,(H,15,17). The van der Waals surface area contributed by atoms with Crippen molar-refractivity contribution in [3.8, 4) is 0 Å². The quantitative estimate of drug-likeness (QED) is 0.852. The van der Waals surface area contributed by atoms with Crippen molar-refractivity contribution in [3.05, 3.63) is 53.6 Å². The van der Waals surface area contributed by atoms with Gasteiger partial charge in [0.1, 0.15) is 5.82 Å². The molecule has 1 heterocycles. The summed E-state index contributed by atoms with van der Waals surface area (Å²) in [7, 11) is 0. The summed E-state index contributed by atoms with van der Waals surface area (Å²) in [4.78, 5) is 0. The van der Waals surface area contributed by atoms with Gasteiger partial charge in [-0.15, -0.1) is 0 Å². The first-order valence-corrected chi connectivity index (χ1v) is 5.67. The minimum atomic E-state index is -0.206. The van der Waals surface area contributed by atoms with E-state index in [1.165, 1.54) is 12.1 Å². The van der Waals surface area contributed by atoms with E-state index in [9.17, 15) is 4.39 Å². The highest BCUT2D eigenvalue weighted by atomic mass is 19.1. The second-order valence-electron chi connectivity index (χ2n) is 4.17. The molecule has 0 saturated carbocycles. The average Bonchev–Trinajstić information content (AvgIpc) is 2.83. The van der Waals surface area contributed by atoms with Crippen LogP contribution in [0.4, 0.5) is 4.39 Å². The Morgan fingerprint density at radius 1 is 1.12 bits per heavy atom. The molecule has 17 heavy (non-hydrogen) atoms. The molecule has 0 fully saturated rings. The Morgan fingerprint density at radius 2 is 1.82 bits per heavy atom. The van der Waals surface area contributed by atoms with Crippen molar-refractivity contribution in [2.24, 2.45) is 0 Å². The molecule has 0 spiro atoms. The predicted octanol–water partition coefficient (Wildman–Crippen LogP) is 2.96. The van der Waals surface area contributed by atoms with Gasteiger partial charge in [-0.1, -0.05) is 12.1 Å². The summed E-state index contributed by atoms with van der Waals surface area (Å²) in [5.41, 5.74) is 2.11. The lowest BCUT2D eigenvalue weighted by Crippen LogP contribution is -2.22. The second-order valence-corrected chi connectivity index (χ2v) is 4.17. The average molecular weight is 233 g/mol. The van der Waals surface area contributed by atoms with Gasteiger partial charge < -0.3 is 5.32 Å². The van der Waals surface area contributed by atoms with Crippen LogP contribution in [0.15, 0.2) is 36.5 Å². The van der Waals surface area contributed by atoms with Crippen molar-refractivity contribution in [1.29, 1.82) is 0 Å². The zero-order valence-electron chi connectivity index (χ0n) is 9.94. The van der Waals surface area contributed by atoms with Crippen LogP contribution in [0, 0.1) is 5.82 Å². The van der Waals surface area contributed by atoms with E-state index in [0.717, 1.165) is 11.3 Å². The number of halogens is 1. The van der Waals surface area contributed by atoms with Gasteiger partial charge in [0.15, 0.2) is 0 Å². The van der Waals surface area contributed by atoms with E-state index in [1.54, 1.807) is 18.3 Å². The van der Waals surface area contributed by atoms with Gasteiger partial charge >= 0.3 is 0 Å². The van der Waals surface area contributed by atoms with Gasteiger partial charge in [-0.05, 0) is 37.6 Å². The van der Waals surface area contributed by atoms with Gasteiger partial charge in [-0.3, -0.25) is 5.10 Å². The molecule has 0 amide bonds. The van der Waals surface area contributed by atoms with E-state index >= 15 is 0 Å². The Balaban J connectivity index is 2.01. The Hall–Kier alpha value is -1.68. The van der Waals surface area contributed by atoms with Crippen LogP contribution in [0.5, 0.6) is 0 Å². The molecule has 2 aromatic rings. The van der Waals surface area contributed by atoms with Crippen LogP contribution in [0.25, 0.3) is 0 Å². The summed E-state index contributed by atoms with van der Waals surface area (Å²) in [6.07, 6.45) is 1.73. The van der Waals surface area contributed by atoms with Gasteiger partial charge in [0.05, 0.1) is 5.69 Å². The SMILES string of the molecule is CC(NC(C)c1ccn[nH]1)c1ccc(F)cc1. The molecule has 0 saturated heterocycles. The molecule has 0 aliphatic heterocycles. The number of aromatic nitrogens is 2. The molecule has 3 nitrogen and oxygen atoms in total. The highest BCUT2D eigenvalue weighted by Crippen LogP contribution is 2.18. The topological polar surface area (TPSA) is 40.7 Å². The molecule has 90 valence electrons. The Bertz CT molecular complexity index is 450. The van der Waals surface area contributed by atoms with E-state index in [0.29, 0.717) is 0 Å². The maximum absolute atomic E-state index is 12.8. The van der Waals surface area contributed by atoms with Crippen LogP contribution in [-0.4, -0.2) is 10.2 Å². The van der Waals surface area contributed by atoms with Crippen molar-refractivity contribution in [2.45, 2.75) is 25.9 Å². The van der Waals surface area contributed by atoms with E-state index in [-0.39, 0.29) is 17.9 Å². The smallest absolute Gasteiger partial charge is 0.123 e. The monoisotopic (exact) mass is 233 g/mol. The molecule has 1 aromatic carbocycles. The van der Waals surface area contributed by atoms with Gasteiger partial charge in [-0.2, -0.15) is 5.10 Å². The molecular formula is C13H16FN3. The number of nitrogens with zero attached hydrogens (tertiary/aromatic N) is 1. The minimum Gasteiger partial charge on any atom is -0.302 e. The molecular weight excluding hydrogens is 217 g/mol. The third kappa shape index (κ3) is 2.91. The largest absolute Gasteiger partial charge is 0.302 e. The minimum absolute atomic E-state index is 0.161. The first-order chi connectivity index (χ1) is 8.16. The zero-order chi connectivity index (χ0) is 12.3. The molecule has 0 aliphatic carbocycles. The van der Waals surface area contributed by atoms with E-state index in [2.05, 4.69) is 29.4 Å². The van der Waals surface area contributed by atoms with Crippen LogP contribution >= 0.6 is 0 Å². The molecule has 2 rings (SSSR count). The maximum Gasteiger partial charge on any atom is 0.123 e. The van der Waals surface area contributed by atoms with E-state index < -0.39 is 0 Å². The molecule has 2 N–H and O–H groups in total. The Kier molecular flexibility index (Phi) is 3.54. The lowest BCUT2D eigenvalue weighted by molar-refractivity contribution is 0.485. The summed E-state index contributed by atoms with van der Waals surface area (Å²) < 4.78 is 12.8. The number of rotatable bonds is 4. The van der Waals surface area contributed by atoms with Gasteiger partial charge in [0.2, 0.25) is 0 Å². The Labute approximate surface area is 100 Å². The lowest BCUT2D eigenvalue weighted by Gasteiger charge is -2.19. The molecule has 0 aliphatic rings. The van der Waals surface area contributed by atoms with Crippen molar-refractivity contribution in [2.75, 3.05) is 0 Å². The molecule has 0 bridgehead atoms. The summed E-state index contributed by atoms with van der Waals surface area (Å²) in [5, 5.41) is 10.3. The van der Waals surface area contributed by atoms with Crippen molar-refractivity contribution in [1.82, 2.24) is 15.5 Å². The van der Waals surface area contributed by atoms with Gasteiger partial charge in [-0.25, -0.2) is 4.39 Å². The summed E-state index contributed by atoms with van der Waals surface area (Å²) in [5.74, 6) is -0.206. The second kappa shape index (κ2) is 5.10. The number of hydrogen-bond acceptors (Lipinski definition) is 2. The molecule has 2 unspecified atom stereocenters. The molecule has 0 radical (unpaired) electrons. The van der Waals surface area contributed by atoms with Crippen molar-refractivity contribution in [3.63, 3.8) is 0 Å². The number of benzene rings is 1. The fourth-order valence-corrected chi connectivity index (χ4v) is 1.82. The number of H-pyrrole nitrogens is 1. The van der Waals surface area contributed by atoms with E-state index in [4.69, 9.17) is 0 Å². The number of hydrogen-bond donors (Lipinski definition) is 2. The highest BCUT2D eigenvalue weighted by Gasteiger charge is 2.11. The Morgan fingerprint density at radius 3 is 2.41 bits per heavy atom. The summed E-state index contributed by atoms with van der Waals surface area (Å²) >= 11 is 0. The fourth-order valence-electron chi connectivity index (χ4n) is 1.82. The highest BCUT2D eigenvalue weighted by molar-refractivity contribution is 5.19. The molecule has 2 atom stereocenters. The number of nitrogens with one attached hydrogen (secondary N) is 2. The van der Waals surface area contributed by atoms with Crippen LogP contribution in [-0.2, 0) is 0 Å². The third-order valence-electron chi connectivity index (χ3n) is 2.86. The van der Waals surface area contributed by atoms with Crippen molar-refractivity contribution < 1.29 is 4.39 Å².